The standard InChI is InChI=1S/C15H17F2N3/c1-18-13-4-2-3-5-14-11(13)9-19-20(14)15-7-6-10(16)8-12(15)17/h6-9,13,18H,2-5H2,1H3. The number of nitrogens with zero attached hydrogens (tertiary/aromatic N) is 2. The Bertz CT molecular complexity index is 622. The van der Waals surface area contributed by atoms with Gasteiger partial charge in [0.05, 0.1) is 6.20 Å². The molecule has 0 spiro atoms. The molecule has 2 aromatic rings. The Morgan fingerprint density at radius 2 is 2.15 bits per heavy atom. The molecule has 1 N–H and O–H groups in total. The molecule has 5 heteroatoms. The van der Waals surface area contributed by atoms with Crippen LogP contribution in [0.1, 0.15) is 36.6 Å². The minimum absolute atomic E-state index is 0.254. The number of hydrogen-bond donors (Lipinski definition) is 1. The van der Waals surface area contributed by atoms with Crippen LogP contribution in [0.15, 0.2) is 24.4 Å². The van der Waals surface area contributed by atoms with Crippen molar-refractivity contribution in [3.63, 3.8) is 0 Å². The average Bonchev–Trinajstić information content (AvgIpc) is 2.72. The third-order valence-corrected chi connectivity index (χ3v) is 3.92. The van der Waals surface area contributed by atoms with Crippen molar-refractivity contribution in [1.82, 2.24) is 15.1 Å². The summed E-state index contributed by atoms with van der Waals surface area (Å²) in [5.74, 6) is -1.15. The average molecular weight is 277 g/mol. The number of aromatic nitrogens is 2. The molecule has 1 heterocycles. The molecule has 0 saturated carbocycles. The Morgan fingerprint density at radius 3 is 2.90 bits per heavy atom. The molecule has 3 rings (SSSR count). The molecule has 0 bridgehead atoms. The topological polar surface area (TPSA) is 29.9 Å². The molecule has 0 saturated heterocycles. The van der Waals surface area contributed by atoms with Gasteiger partial charge in [-0.05, 0) is 38.4 Å². The molecule has 0 radical (unpaired) electrons. The summed E-state index contributed by atoms with van der Waals surface area (Å²) in [5.41, 5.74) is 2.45. The molecular formula is C15H17F2N3. The summed E-state index contributed by atoms with van der Waals surface area (Å²) < 4.78 is 28.6. The summed E-state index contributed by atoms with van der Waals surface area (Å²) in [7, 11) is 1.93. The minimum Gasteiger partial charge on any atom is -0.313 e. The van der Waals surface area contributed by atoms with E-state index in [1.807, 2.05) is 7.05 Å². The predicted octanol–water partition coefficient (Wildman–Crippen LogP) is 3.14. The van der Waals surface area contributed by atoms with Crippen LogP contribution in [-0.4, -0.2) is 16.8 Å². The van der Waals surface area contributed by atoms with Gasteiger partial charge in [0.1, 0.15) is 11.5 Å². The van der Waals surface area contributed by atoms with Gasteiger partial charge < -0.3 is 5.32 Å². The molecule has 0 fully saturated rings. The first kappa shape index (κ1) is 13.2. The van der Waals surface area contributed by atoms with Crippen molar-refractivity contribution < 1.29 is 8.78 Å². The van der Waals surface area contributed by atoms with E-state index in [0.717, 1.165) is 43.0 Å². The zero-order valence-electron chi connectivity index (χ0n) is 11.4. The van der Waals surface area contributed by atoms with Gasteiger partial charge in [-0.2, -0.15) is 5.10 Å². The van der Waals surface area contributed by atoms with E-state index in [2.05, 4.69) is 10.4 Å². The lowest BCUT2D eigenvalue weighted by Crippen LogP contribution is -2.16. The summed E-state index contributed by atoms with van der Waals surface area (Å²) in [5, 5.41) is 7.59. The van der Waals surface area contributed by atoms with E-state index in [4.69, 9.17) is 0 Å². The maximum absolute atomic E-state index is 13.9. The van der Waals surface area contributed by atoms with Crippen molar-refractivity contribution in [3.8, 4) is 5.69 Å². The molecule has 1 aliphatic carbocycles. The summed E-state index contributed by atoms with van der Waals surface area (Å²) in [6.07, 6.45) is 5.90. The molecule has 0 aliphatic heterocycles. The van der Waals surface area contributed by atoms with Crippen molar-refractivity contribution in [2.24, 2.45) is 0 Å². The third-order valence-electron chi connectivity index (χ3n) is 3.92. The fraction of sp³-hybridized carbons (Fsp3) is 0.400. The molecule has 20 heavy (non-hydrogen) atoms. The molecule has 106 valence electrons. The van der Waals surface area contributed by atoms with Crippen LogP contribution >= 0.6 is 0 Å². The van der Waals surface area contributed by atoms with E-state index in [0.29, 0.717) is 5.69 Å². The van der Waals surface area contributed by atoms with Gasteiger partial charge in [-0.15, -0.1) is 0 Å². The maximum atomic E-state index is 13.9. The van der Waals surface area contributed by atoms with Gasteiger partial charge in [0.2, 0.25) is 0 Å². The van der Waals surface area contributed by atoms with Crippen molar-refractivity contribution in [3.05, 3.63) is 47.3 Å². The smallest absolute Gasteiger partial charge is 0.151 e. The van der Waals surface area contributed by atoms with Crippen LogP contribution in [0.4, 0.5) is 8.78 Å². The zero-order chi connectivity index (χ0) is 14.1. The van der Waals surface area contributed by atoms with E-state index in [9.17, 15) is 8.78 Å². The van der Waals surface area contributed by atoms with E-state index in [-0.39, 0.29) is 6.04 Å². The first-order valence-electron chi connectivity index (χ1n) is 6.90. The van der Waals surface area contributed by atoms with E-state index in [1.54, 1.807) is 10.9 Å². The van der Waals surface area contributed by atoms with Gasteiger partial charge in [-0.3, -0.25) is 0 Å². The van der Waals surface area contributed by atoms with Crippen LogP contribution in [0.3, 0.4) is 0 Å². The van der Waals surface area contributed by atoms with Crippen LogP contribution in [-0.2, 0) is 6.42 Å². The number of nitrogens with one attached hydrogen (secondary N) is 1. The monoisotopic (exact) mass is 277 g/mol. The lowest BCUT2D eigenvalue weighted by Gasteiger charge is -2.13. The molecule has 3 nitrogen and oxygen atoms in total. The number of halogens is 2. The fourth-order valence-electron chi connectivity index (χ4n) is 2.88. The Labute approximate surface area is 116 Å². The van der Waals surface area contributed by atoms with Crippen LogP contribution in [0.25, 0.3) is 5.69 Å². The summed E-state index contributed by atoms with van der Waals surface area (Å²) >= 11 is 0. The third kappa shape index (κ3) is 2.22. The highest BCUT2D eigenvalue weighted by Gasteiger charge is 2.23. The number of benzene rings is 1. The Morgan fingerprint density at radius 1 is 1.30 bits per heavy atom. The summed E-state index contributed by atoms with van der Waals surface area (Å²) in [6, 6.07) is 3.86. The normalized spacial score (nSPS) is 18.6. The highest BCUT2D eigenvalue weighted by atomic mass is 19.1. The number of hydrogen-bond acceptors (Lipinski definition) is 2. The summed E-state index contributed by atoms with van der Waals surface area (Å²) in [4.78, 5) is 0. The first-order chi connectivity index (χ1) is 9.70. The molecule has 1 aromatic carbocycles. The quantitative estimate of drug-likeness (QED) is 0.855. The lowest BCUT2D eigenvalue weighted by atomic mass is 10.1. The second kappa shape index (κ2) is 5.32. The number of rotatable bonds is 2. The maximum Gasteiger partial charge on any atom is 0.151 e. The highest BCUT2D eigenvalue weighted by molar-refractivity contribution is 5.38. The van der Waals surface area contributed by atoms with Crippen molar-refractivity contribution in [2.75, 3.05) is 7.05 Å². The van der Waals surface area contributed by atoms with Crippen molar-refractivity contribution >= 4 is 0 Å². The Balaban J connectivity index is 2.09. The molecule has 1 aliphatic rings. The van der Waals surface area contributed by atoms with E-state index < -0.39 is 11.6 Å². The molecule has 1 unspecified atom stereocenters. The van der Waals surface area contributed by atoms with Gasteiger partial charge in [-0.25, -0.2) is 13.5 Å². The zero-order valence-corrected chi connectivity index (χ0v) is 11.4. The van der Waals surface area contributed by atoms with Crippen LogP contribution < -0.4 is 5.32 Å². The van der Waals surface area contributed by atoms with Gasteiger partial charge in [-0.1, -0.05) is 6.42 Å². The molecule has 1 atom stereocenters. The van der Waals surface area contributed by atoms with Gasteiger partial charge >= 0.3 is 0 Å². The van der Waals surface area contributed by atoms with E-state index in [1.165, 1.54) is 12.1 Å². The first-order valence-corrected chi connectivity index (χ1v) is 6.90. The van der Waals surface area contributed by atoms with Gasteiger partial charge in [0.15, 0.2) is 5.82 Å². The van der Waals surface area contributed by atoms with Crippen LogP contribution in [0, 0.1) is 11.6 Å². The molecular weight excluding hydrogens is 260 g/mol. The van der Waals surface area contributed by atoms with Crippen molar-refractivity contribution in [2.45, 2.75) is 31.7 Å². The van der Waals surface area contributed by atoms with E-state index >= 15 is 0 Å². The summed E-state index contributed by atoms with van der Waals surface area (Å²) in [6.45, 7) is 0. The second-order valence-electron chi connectivity index (χ2n) is 5.14. The minimum atomic E-state index is -0.582. The largest absolute Gasteiger partial charge is 0.313 e. The Kier molecular flexibility index (Phi) is 3.53. The fourth-order valence-corrected chi connectivity index (χ4v) is 2.88. The highest BCUT2D eigenvalue weighted by Crippen LogP contribution is 2.30. The number of fused-ring (bicyclic) bond motifs is 1. The predicted molar refractivity (Wildman–Crippen MR) is 72.8 cm³/mol. The SMILES string of the molecule is CNC1CCCCc2c1cnn2-c1ccc(F)cc1F. The second-order valence-corrected chi connectivity index (χ2v) is 5.14. The molecule has 0 amide bonds. The molecule has 1 aromatic heterocycles. The Hall–Kier alpha value is -1.75. The van der Waals surface area contributed by atoms with Crippen LogP contribution in [0.5, 0.6) is 0 Å². The van der Waals surface area contributed by atoms with Crippen LogP contribution in [0.2, 0.25) is 0 Å². The van der Waals surface area contributed by atoms with Gasteiger partial charge in [0.25, 0.3) is 0 Å². The van der Waals surface area contributed by atoms with Gasteiger partial charge in [0, 0.05) is 23.4 Å². The van der Waals surface area contributed by atoms with Crippen molar-refractivity contribution in [1.29, 1.82) is 0 Å². The lowest BCUT2D eigenvalue weighted by molar-refractivity contribution is 0.532.